The van der Waals surface area contributed by atoms with Gasteiger partial charge in [-0.15, -0.1) is 0 Å². The molecule has 4 aromatic rings. The van der Waals surface area contributed by atoms with Crippen molar-refractivity contribution in [3.05, 3.63) is 125 Å². The van der Waals surface area contributed by atoms with Crippen molar-refractivity contribution in [2.75, 3.05) is 38.0 Å². The minimum atomic E-state index is -0.505. The lowest BCUT2D eigenvalue weighted by atomic mass is 9.99. The Labute approximate surface area is 295 Å². The number of carbonyl (C=O) groups excluding carboxylic acids is 1. The van der Waals surface area contributed by atoms with Crippen LogP contribution in [0.3, 0.4) is 0 Å². The topological polar surface area (TPSA) is 95.5 Å². The van der Waals surface area contributed by atoms with E-state index in [0.29, 0.717) is 24.0 Å². The number of anilines is 1. The molecule has 7 rings (SSSR count). The van der Waals surface area contributed by atoms with Gasteiger partial charge in [-0.05, 0) is 98.4 Å². The van der Waals surface area contributed by atoms with Gasteiger partial charge in [0, 0.05) is 43.3 Å². The zero-order chi connectivity index (χ0) is 34.1. The number of urea groups is 1. The number of aliphatic hydroxyl groups is 1. The van der Waals surface area contributed by atoms with Crippen LogP contribution in [-0.4, -0.2) is 65.8 Å². The van der Waals surface area contributed by atoms with Crippen LogP contribution in [-0.2, 0) is 22.6 Å². The van der Waals surface area contributed by atoms with Gasteiger partial charge in [-0.3, -0.25) is 4.90 Å². The van der Waals surface area contributed by atoms with Crippen molar-refractivity contribution in [3.63, 3.8) is 0 Å². The Balaban J connectivity index is 0.956. The molecule has 0 bridgehead atoms. The van der Waals surface area contributed by atoms with Gasteiger partial charge in [0.15, 0.2) is 6.29 Å². The molecule has 0 saturated carbocycles. The van der Waals surface area contributed by atoms with Crippen molar-refractivity contribution in [2.24, 2.45) is 0 Å². The highest BCUT2D eigenvalue weighted by Gasteiger charge is 2.36. The molecule has 4 atom stereocenters. The van der Waals surface area contributed by atoms with Gasteiger partial charge in [0.2, 0.25) is 0 Å². The molecule has 9 nitrogen and oxygen atoms in total. The second-order valence-electron chi connectivity index (χ2n) is 13.6. The third kappa shape index (κ3) is 9.10. The molecule has 0 aliphatic carbocycles. The molecular weight excluding hydrogens is 628 g/mol. The zero-order valence-corrected chi connectivity index (χ0v) is 28.6. The van der Waals surface area contributed by atoms with Gasteiger partial charge in [-0.2, -0.15) is 0 Å². The summed E-state index contributed by atoms with van der Waals surface area (Å²) in [6.07, 6.45) is 5.30. The Morgan fingerprint density at radius 2 is 1.46 bits per heavy atom. The Bertz CT molecular complexity index is 1650. The van der Waals surface area contributed by atoms with Gasteiger partial charge in [0.05, 0.1) is 18.8 Å². The predicted octanol–water partition coefficient (Wildman–Crippen LogP) is 7.40. The maximum absolute atomic E-state index is 12.7. The molecule has 3 heterocycles. The van der Waals surface area contributed by atoms with Crippen molar-refractivity contribution in [2.45, 2.75) is 69.8 Å². The molecular formula is C41H48N4O5. The quantitative estimate of drug-likeness (QED) is 0.144. The number of ether oxygens (including phenoxy) is 3. The number of para-hydroxylation sites is 1. The highest BCUT2D eigenvalue weighted by atomic mass is 16.7. The average Bonchev–Trinajstić information content (AvgIpc) is 3.84. The van der Waals surface area contributed by atoms with Gasteiger partial charge in [0.1, 0.15) is 11.5 Å². The summed E-state index contributed by atoms with van der Waals surface area (Å²) in [6, 6.07) is 33.3. The van der Waals surface area contributed by atoms with Crippen LogP contribution in [0.4, 0.5) is 10.5 Å². The van der Waals surface area contributed by atoms with Crippen LogP contribution in [0, 0.1) is 0 Å². The predicted molar refractivity (Wildman–Crippen MR) is 194 cm³/mol. The van der Waals surface area contributed by atoms with Gasteiger partial charge < -0.3 is 34.9 Å². The van der Waals surface area contributed by atoms with E-state index in [2.05, 4.69) is 32.6 Å². The van der Waals surface area contributed by atoms with Gasteiger partial charge in [0.25, 0.3) is 0 Å². The van der Waals surface area contributed by atoms with E-state index in [9.17, 15) is 9.90 Å². The number of aliphatic hydroxyl groups excluding tert-OH is 1. The molecule has 0 spiro atoms. The monoisotopic (exact) mass is 676 g/mol. The number of nitrogens with one attached hydrogen (secondary N) is 2. The Kier molecular flexibility index (Phi) is 11.4. The van der Waals surface area contributed by atoms with Crippen molar-refractivity contribution < 1.29 is 24.1 Å². The Morgan fingerprint density at radius 1 is 0.760 bits per heavy atom. The summed E-state index contributed by atoms with van der Waals surface area (Å²) >= 11 is 0. The third-order valence-electron chi connectivity index (χ3n) is 10.0. The summed E-state index contributed by atoms with van der Waals surface area (Å²) < 4.78 is 19.1. The van der Waals surface area contributed by atoms with E-state index in [4.69, 9.17) is 14.2 Å². The normalized spacial score (nSPS) is 22.7. The fourth-order valence-corrected chi connectivity index (χ4v) is 7.28. The summed E-state index contributed by atoms with van der Waals surface area (Å²) in [5.41, 5.74) is 4.59. The molecule has 0 aromatic heterocycles. The minimum absolute atomic E-state index is 0.0219. The van der Waals surface area contributed by atoms with E-state index in [1.165, 1.54) is 38.8 Å². The first-order chi connectivity index (χ1) is 24.6. The summed E-state index contributed by atoms with van der Waals surface area (Å²) in [5.74, 6) is 1.46. The van der Waals surface area contributed by atoms with Gasteiger partial charge >= 0.3 is 6.03 Å². The smallest absolute Gasteiger partial charge is 0.319 e. The summed E-state index contributed by atoms with van der Waals surface area (Å²) in [6.45, 7) is 6.01. The molecule has 50 heavy (non-hydrogen) atoms. The number of carbonyl (C=O) groups is 1. The van der Waals surface area contributed by atoms with Crippen LogP contribution >= 0.6 is 0 Å². The SMILES string of the molecule is O=C(NCc1ccc([C@H]2O[C@@H](CN3CCC[C@H]3CN3CCCC3)C[C@@H](c3ccc(CO)cc3)O2)cc1)Nc1ccc(Oc2ccccc2)cc1. The lowest BCUT2D eigenvalue weighted by molar-refractivity contribution is -0.253. The first-order valence-electron chi connectivity index (χ1n) is 18.0. The number of nitrogens with zero attached hydrogens (tertiary/aromatic N) is 2. The van der Waals surface area contributed by atoms with E-state index in [0.717, 1.165) is 54.1 Å². The number of hydrogen-bond acceptors (Lipinski definition) is 7. The Morgan fingerprint density at radius 3 is 2.20 bits per heavy atom. The van der Waals surface area contributed by atoms with Crippen LogP contribution in [0.15, 0.2) is 103 Å². The maximum Gasteiger partial charge on any atom is 0.319 e. The van der Waals surface area contributed by atoms with E-state index >= 15 is 0 Å². The van der Waals surface area contributed by atoms with Crippen LogP contribution in [0.25, 0.3) is 0 Å². The Hall–Kier alpha value is -4.25. The molecule has 0 unspecified atom stereocenters. The maximum atomic E-state index is 12.7. The minimum Gasteiger partial charge on any atom is -0.457 e. The second-order valence-corrected chi connectivity index (χ2v) is 13.6. The van der Waals surface area contributed by atoms with Crippen molar-refractivity contribution in [1.29, 1.82) is 0 Å². The second kappa shape index (κ2) is 16.6. The highest BCUT2D eigenvalue weighted by Crippen LogP contribution is 2.39. The zero-order valence-electron chi connectivity index (χ0n) is 28.6. The van der Waals surface area contributed by atoms with E-state index in [-0.39, 0.29) is 24.8 Å². The fraction of sp³-hybridized carbons (Fsp3) is 0.390. The standard InChI is InChI=1S/C41H48N4O5/c46-29-31-12-14-32(15-13-31)39-25-38(28-45-24-6-7-35(45)27-44-22-4-5-23-44)49-40(50-39)33-16-10-30(11-17-33)26-42-41(47)43-34-18-20-37(21-19-34)48-36-8-2-1-3-9-36/h1-3,8-21,35,38-40,46H,4-7,22-29H2,(H2,42,43,47)/t35-,38+,39-,40-/m0/s1. The summed E-state index contributed by atoms with van der Waals surface area (Å²) in [5, 5.41) is 15.4. The van der Waals surface area contributed by atoms with E-state index < -0.39 is 6.29 Å². The molecule has 0 radical (unpaired) electrons. The molecule has 9 heteroatoms. The van der Waals surface area contributed by atoms with Gasteiger partial charge in [-0.1, -0.05) is 66.7 Å². The molecule has 3 N–H and O–H groups in total. The van der Waals surface area contributed by atoms with Crippen LogP contribution < -0.4 is 15.4 Å². The number of rotatable bonds is 12. The molecule has 3 aliphatic rings. The van der Waals surface area contributed by atoms with E-state index in [1.54, 1.807) is 0 Å². The van der Waals surface area contributed by atoms with E-state index in [1.807, 2.05) is 91.0 Å². The first-order valence-corrected chi connectivity index (χ1v) is 18.0. The van der Waals surface area contributed by atoms with Crippen LogP contribution in [0.5, 0.6) is 11.5 Å². The molecule has 4 aromatic carbocycles. The number of amides is 2. The third-order valence-corrected chi connectivity index (χ3v) is 10.0. The molecule has 262 valence electrons. The molecule has 3 aliphatic heterocycles. The van der Waals surface area contributed by atoms with Gasteiger partial charge in [-0.25, -0.2) is 4.79 Å². The van der Waals surface area contributed by atoms with Crippen molar-refractivity contribution >= 4 is 11.7 Å². The fourth-order valence-electron chi connectivity index (χ4n) is 7.28. The number of hydrogen-bond donors (Lipinski definition) is 3. The highest BCUT2D eigenvalue weighted by molar-refractivity contribution is 5.89. The number of likely N-dealkylation sites (tertiary alicyclic amines) is 2. The first kappa shape index (κ1) is 34.2. The van der Waals surface area contributed by atoms with Crippen LogP contribution in [0.1, 0.15) is 66.8 Å². The van der Waals surface area contributed by atoms with Crippen molar-refractivity contribution in [1.82, 2.24) is 15.1 Å². The largest absolute Gasteiger partial charge is 0.457 e. The molecule has 2 amide bonds. The summed E-state index contributed by atoms with van der Waals surface area (Å²) in [7, 11) is 0. The molecule has 3 fully saturated rings. The van der Waals surface area contributed by atoms with Crippen LogP contribution in [0.2, 0.25) is 0 Å². The molecule has 3 saturated heterocycles. The van der Waals surface area contributed by atoms with Crippen molar-refractivity contribution in [3.8, 4) is 11.5 Å². The average molecular weight is 677 g/mol. The number of benzene rings is 4. The lowest BCUT2D eigenvalue weighted by Gasteiger charge is -2.39. The summed E-state index contributed by atoms with van der Waals surface area (Å²) in [4.78, 5) is 17.9. The lowest BCUT2D eigenvalue weighted by Crippen LogP contribution is -2.45.